The molecule has 0 aromatic heterocycles. The van der Waals surface area contributed by atoms with Gasteiger partial charge in [0, 0.05) is 25.0 Å². The van der Waals surface area contributed by atoms with Gasteiger partial charge >= 0.3 is 6.09 Å². The summed E-state index contributed by atoms with van der Waals surface area (Å²) in [6.07, 6.45) is 0.208. The quantitative estimate of drug-likeness (QED) is 0.874. The van der Waals surface area contributed by atoms with Crippen LogP contribution in [0.4, 0.5) is 9.18 Å². The third-order valence-corrected chi connectivity index (χ3v) is 3.19. The second-order valence-electron chi connectivity index (χ2n) is 4.82. The molecule has 1 heterocycles. The fourth-order valence-electron chi connectivity index (χ4n) is 2.19. The van der Waals surface area contributed by atoms with Crippen molar-refractivity contribution in [1.82, 2.24) is 10.6 Å². The van der Waals surface area contributed by atoms with E-state index in [4.69, 9.17) is 4.74 Å². The highest BCUT2D eigenvalue weighted by molar-refractivity contribution is 5.67. The van der Waals surface area contributed by atoms with Crippen LogP contribution in [0.15, 0.2) is 30.3 Å². The van der Waals surface area contributed by atoms with Gasteiger partial charge in [0.15, 0.2) is 0 Å². The Morgan fingerprint density at radius 1 is 1.37 bits per heavy atom. The number of amides is 1. The van der Waals surface area contributed by atoms with Gasteiger partial charge in [-0.2, -0.15) is 0 Å². The molecule has 2 rings (SSSR count). The van der Waals surface area contributed by atoms with Gasteiger partial charge in [-0.25, -0.2) is 4.79 Å². The van der Waals surface area contributed by atoms with E-state index in [2.05, 4.69) is 10.6 Å². The summed E-state index contributed by atoms with van der Waals surface area (Å²) in [6.45, 7) is 1.23. The largest absolute Gasteiger partial charge is 0.445 e. The van der Waals surface area contributed by atoms with Gasteiger partial charge in [0.25, 0.3) is 0 Å². The molecule has 1 saturated heterocycles. The first-order valence-electron chi connectivity index (χ1n) is 6.52. The van der Waals surface area contributed by atoms with Gasteiger partial charge in [-0.3, -0.25) is 4.39 Å². The summed E-state index contributed by atoms with van der Waals surface area (Å²) in [5, 5.41) is 5.87. The van der Waals surface area contributed by atoms with Crippen molar-refractivity contribution < 1.29 is 13.9 Å². The van der Waals surface area contributed by atoms with E-state index in [1.54, 1.807) is 0 Å². The average Bonchev–Trinajstić information content (AvgIpc) is 2.46. The molecule has 2 unspecified atom stereocenters. The zero-order chi connectivity index (χ0) is 13.5. The Morgan fingerprint density at radius 2 is 2.16 bits per heavy atom. The Bertz CT molecular complexity index is 400. The van der Waals surface area contributed by atoms with Crippen LogP contribution in [-0.2, 0) is 11.3 Å². The van der Waals surface area contributed by atoms with E-state index >= 15 is 0 Å². The Hall–Kier alpha value is -1.62. The van der Waals surface area contributed by atoms with Crippen LogP contribution in [-0.4, -0.2) is 31.9 Å². The molecule has 1 fully saturated rings. The molecule has 0 spiro atoms. The van der Waals surface area contributed by atoms with Gasteiger partial charge in [-0.05, 0) is 12.0 Å². The van der Waals surface area contributed by atoms with Gasteiger partial charge in [0.1, 0.15) is 6.61 Å². The van der Waals surface area contributed by atoms with Crippen LogP contribution in [0.5, 0.6) is 0 Å². The standard InChI is InChI=1S/C14H19FN2O2/c15-7-12-6-13(9-16-8-12)17-14(18)19-10-11-4-2-1-3-5-11/h1-5,12-13,16H,6-10H2,(H,17,18). The zero-order valence-corrected chi connectivity index (χ0v) is 10.8. The van der Waals surface area contributed by atoms with Gasteiger partial charge in [0.05, 0.1) is 6.67 Å². The summed E-state index contributed by atoms with van der Waals surface area (Å²) in [7, 11) is 0. The van der Waals surface area contributed by atoms with E-state index < -0.39 is 6.09 Å². The number of carbonyl (C=O) groups excluding carboxylic acids is 1. The number of alkyl halides is 1. The van der Waals surface area contributed by atoms with Crippen molar-refractivity contribution in [2.75, 3.05) is 19.8 Å². The smallest absolute Gasteiger partial charge is 0.407 e. The second-order valence-corrected chi connectivity index (χ2v) is 4.82. The van der Waals surface area contributed by atoms with Crippen LogP contribution in [0.2, 0.25) is 0 Å². The number of piperidine rings is 1. The lowest BCUT2D eigenvalue weighted by molar-refractivity contribution is 0.130. The molecule has 4 nitrogen and oxygen atoms in total. The molecule has 19 heavy (non-hydrogen) atoms. The van der Waals surface area contributed by atoms with Crippen LogP contribution < -0.4 is 10.6 Å². The molecule has 1 aromatic carbocycles. The van der Waals surface area contributed by atoms with E-state index in [0.29, 0.717) is 19.5 Å². The van der Waals surface area contributed by atoms with E-state index in [-0.39, 0.29) is 25.2 Å². The van der Waals surface area contributed by atoms with E-state index in [1.807, 2.05) is 30.3 Å². The summed E-state index contributed by atoms with van der Waals surface area (Å²) >= 11 is 0. The first-order valence-corrected chi connectivity index (χ1v) is 6.52. The second kappa shape index (κ2) is 7.09. The van der Waals surface area contributed by atoms with Crippen LogP contribution in [0.1, 0.15) is 12.0 Å². The number of hydrogen-bond acceptors (Lipinski definition) is 3. The Labute approximate surface area is 112 Å². The highest BCUT2D eigenvalue weighted by Gasteiger charge is 2.23. The number of hydrogen-bond donors (Lipinski definition) is 2. The predicted octanol–water partition coefficient (Wildman–Crippen LogP) is 1.86. The van der Waals surface area contributed by atoms with Crippen molar-refractivity contribution in [3.8, 4) is 0 Å². The van der Waals surface area contributed by atoms with E-state index in [9.17, 15) is 9.18 Å². The fourth-order valence-corrected chi connectivity index (χ4v) is 2.19. The number of carbonyl (C=O) groups is 1. The minimum absolute atomic E-state index is 0.0202. The highest BCUT2D eigenvalue weighted by Crippen LogP contribution is 2.11. The number of rotatable bonds is 4. The lowest BCUT2D eigenvalue weighted by Gasteiger charge is -2.28. The van der Waals surface area contributed by atoms with E-state index in [0.717, 1.165) is 5.56 Å². The predicted molar refractivity (Wildman–Crippen MR) is 70.5 cm³/mol. The summed E-state index contributed by atoms with van der Waals surface area (Å²) < 4.78 is 17.7. The first kappa shape index (κ1) is 13.8. The van der Waals surface area contributed by atoms with Crippen molar-refractivity contribution in [3.63, 3.8) is 0 Å². The van der Waals surface area contributed by atoms with Gasteiger partial charge in [-0.15, -0.1) is 0 Å². The number of ether oxygens (including phenoxy) is 1. The Morgan fingerprint density at radius 3 is 2.89 bits per heavy atom. The Kier molecular flexibility index (Phi) is 5.15. The van der Waals surface area contributed by atoms with Crippen molar-refractivity contribution in [1.29, 1.82) is 0 Å². The zero-order valence-electron chi connectivity index (χ0n) is 10.8. The third kappa shape index (κ3) is 4.52. The first-order chi connectivity index (χ1) is 9.28. The molecule has 0 radical (unpaired) electrons. The molecular formula is C14H19FN2O2. The number of alkyl carbamates (subject to hydrolysis) is 1. The summed E-state index contributed by atoms with van der Waals surface area (Å²) in [6, 6.07) is 9.44. The van der Waals surface area contributed by atoms with Crippen LogP contribution in [0.25, 0.3) is 0 Å². The van der Waals surface area contributed by atoms with Gasteiger partial charge in [-0.1, -0.05) is 30.3 Å². The Balaban J connectivity index is 1.72. The molecule has 2 atom stereocenters. The molecule has 1 amide bonds. The maximum Gasteiger partial charge on any atom is 0.407 e. The maximum atomic E-state index is 12.6. The maximum absolute atomic E-state index is 12.6. The molecule has 0 saturated carbocycles. The molecule has 5 heteroatoms. The minimum atomic E-state index is -0.449. The van der Waals surface area contributed by atoms with Crippen molar-refractivity contribution in [2.24, 2.45) is 5.92 Å². The minimum Gasteiger partial charge on any atom is -0.445 e. The van der Waals surface area contributed by atoms with Gasteiger partial charge in [0.2, 0.25) is 0 Å². The molecule has 0 bridgehead atoms. The van der Waals surface area contributed by atoms with Crippen molar-refractivity contribution in [2.45, 2.75) is 19.1 Å². The van der Waals surface area contributed by atoms with E-state index in [1.165, 1.54) is 0 Å². The lowest BCUT2D eigenvalue weighted by Crippen LogP contribution is -2.49. The molecular weight excluding hydrogens is 247 g/mol. The number of nitrogens with one attached hydrogen (secondary N) is 2. The molecule has 1 aliphatic rings. The van der Waals surface area contributed by atoms with Crippen LogP contribution in [0, 0.1) is 5.92 Å². The molecule has 1 aromatic rings. The summed E-state index contributed by atoms with van der Waals surface area (Å²) in [4.78, 5) is 11.6. The summed E-state index contributed by atoms with van der Waals surface area (Å²) in [5.74, 6) is -0.0202. The fraction of sp³-hybridized carbons (Fsp3) is 0.500. The molecule has 2 N–H and O–H groups in total. The molecule has 1 aliphatic heterocycles. The average molecular weight is 266 g/mol. The lowest BCUT2D eigenvalue weighted by atomic mass is 9.97. The molecule has 0 aliphatic carbocycles. The third-order valence-electron chi connectivity index (χ3n) is 3.19. The topological polar surface area (TPSA) is 50.4 Å². The molecule has 104 valence electrons. The summed E-state index contributed by atoms with van der Waals surface area (Å²) in [5.41, 5.74) is 0.945. The van der Waals surface area contributed by atoms with Crippen molar-refractivity contribution in [3.05, 3.63) is 35.9 Å². The highest BCUT2D eigenvalue weighted by atomic mass is 19.1. The van der Waals surface area contributed by atoms with Gasteiger partial charge < -0.3 is 15.4 Å². The SMILES string of the molecule is O=C(NC1CNCC(CF)C1)OCc1ccccc1. The number of benzene rings is 1. The normalized spacial score (nSPS) is 22.8. The van der Waals surface area contributed by atoms with Crippen LogP contribution in [0.3, 0.4) is 0 Å². The van der Waals surface area contributed by atoms with Crippen molar-refractivity contribution >= 4 is 6.09 Å². The monoisotopic (exact) mass is 266 g/mol. The number of halogens is 1. The van der Waals surface area contributed by atoms with Crippen LogP contribution >= 0.6 is 0 Å².